The largest absolute Gasteiger partial charge is 0.309 e. The molecule has 3 heteroatoms. The van der Waals surface area contributed by atoms with Gasteiger partial charge < -0.3 is 5.32 Å². The number of aromatic nitrogens is 2. The van der Waals surface area contributed by atoms with Crippen LogP contribution in [-0.4, -0.2) is 10.2 Å². The van der Waals surface area contributed by atoms with E-state index in [2.05, 4.69) is 58.0 Å². The molecule has 2 N–H and O–H groups in total. The van der Waals surface area contributed by atoms with Gasteiger partial charge in [0.15, 0.2) is 0 Å². The van der Waals surface area contributed by atoms with Crippen LogP contribution in [0.5, 0.6) is 0 Å². The zero-order chi connectivity index (χ0) is 12.2. The average molecular weight is 237 g/mol. The van der Waals surface area contributed by atoms with Gasteiger partial charge in [-0.2, -0.15) is 5.10 Å². The van der Waals surface area contributed by atoms with Gasteiger partial charge in [-0.3, -0.25) is 5.10 Å². The molecular formula is C15H15N3. The summed E-state index contributed by atoms with van der Waals surface area (Å²) in [6, 6.07) is 16.8. The fraction of sp³-hybridized carbons (Fsp3) is 0.133. The highest BCUT2D eigenvalue weighted by molar-refractivity contribution is 5.78. The molecule has 1 aromatic heterocycles. The van der Waals surface area contributed by atoms with Gasteiger partial charge in [0.1, 0.15) is 0 Å². The fourth-order valence-electron chi connectivity index (χ4n) is 2.04. The second kappa shape index (κ2) is 5.02. The zero-order valence-electron chi connectivity index (χ0n) is 10.1. The van der Waals surface area contributed by atoms with E-state index >= 15 is 0 Å². The number of H-pyrrole nitrogens is 1. The Labute approximate surface area is 106 Å². The Bertz CT molecular complexity index is 628. The molecule has 0 aliphatic rings. The maximum Gasteiger partial charge on any atom is 0.0653 e. The molecule has 0 bridgehead atoms. The number of nitrogens with one attached hydrogen (secondary N) is 2. The van der Waals surface area contributed by atoms with Crippen LogP contribution >= 0.6 is 0 Å². The molecule has 0 aliphatic heterocycles. The number of rotatable bonds is 4. The van der Waals surface area contributed by atoms with Gasteiger partial charge in [0.25, 0.3) is 0 Å². The SMILES string of the molecule is c1ccc(CNCc2ccc3cn[nH]c3c2)cc1. The summed E-state index contributed by atoms with van der Waals surface area (Å²) in [4.78, 5) is 0. The first-order valence-electron chi connectivity index (χ1n) is 6.08. The molecule has 0 fully saturated rings. The van der Waals surface area contributed by atoms with Crippen molar-refractivity contribution in [2.45, 2.75) is 13.1 Å². The molecule has 0 saturated heterocycles. The molecule has 1 heterocycles. The third kappa shape index (κ3) is 2.41. The van der Waals surface area contributed by atoms with E-state index in [0.29, 0.717) is 0 Å². The van der Waals surface area contributed by atoms with Gasteiger partial charge >= 0.3 is 0 Å². The Morgan fingerprint density at radius 2 is 1.78 bits per heavy atom. The van der Waals surface area contributed by atoms with Crippen LogP contribution in [0.2, 0.25) is 0 Å². The predicted octanol–water partition coefficient (Wildman–Crippen LogP) is 2.85. The molecule has 3 aromatic rings. The summed E-state index contributed by atoms with van der Waals surface area (Å²) in [7, 11) is 0. The molecule has 3 nitrogen and oxygen atoms in total. The molecule has 0 radical (unpaired) electrons. The summed E-state index contributed by atoms with van der Waals surface area (Å²) in [5.41, 5.74) is 3.66. The Kier molecular flexibility index (Phi) is 3.07. The van der Waals surface area contributed by atoms with Crippen LogP contribution < -0.4 is 5.32 Å². The highest BCUT2D eigenvalue weighted by Crippen LogP contribution is 2.12. The van der Waals surface area contributed by atoms with Gasteiger partial charge in [0.05, 0.1) is 11.7 Å². The van der Waals surface area contributed by atoms with Gasteiger partial charge in [-0.15, -0.1) is 0 Å². The van der Waals surface area contributed by atoms with Crippen molar-refractivity contribution in [3.8, 4) is 0 Å². The summed E-state index contributed by atoms with van der Waals surface area (Å²) >= 11 is 0. The lowest BCUT2D eigenvalue weighted by Gasteiger charge is -2.05. The van der Waals surface area contributed by atoms with Crippen molar-refractivity contribution in [3.05, 3.63) is 65.9 Å². The zero-order valence-corrected chi connectivity index (χ0v) is 10.1. The average Bonchev–Trinajstić information content (AvgIpc) is 2.87. The first-order valence-corrected chi connectivity index (χ1v) is 6.08. The summed E-state index contributed by atoms with van der Waals surface area (Å²) in [6.07, 6.45) is 1.84. The molecule has 0 amide bonds. The second-order valence-corrected chi connectivity index (χ2v) is 4.38. The molecule has 0 unspecified atom stereocenters. The summed E-state index contributed by atoms with van der Waals surface area (Å²) in [5.74, 6) is 0. The van der Waals surface area contributed by atoms with Crippen molar-refractivity contribution >= 4 is 10.9 Å². The molecule has 18 heavy (non-hydrogen) atoms. The Morgan fingerprint density at radius 3 is 2.67 bits per heavy atom. The molecule has 3 rings (SSSR count). The van der Waals surface area contributed by atoms with Crippen molar-refractivity contribution < 1.29 is 0 Å². The number of hydrogen-bond acceptors (Lipinski definition) is 2. The van der Waals surface area contributed by atoms with Gasteiger partial charge in [-0.25, -0.2) is 0 Å². The molecule has 90 valence electrons. The summed E-state index contributed by atoms with van der Waals surface area (Å²) < 4.78 is 0. The van der Waals surface area contributed by atoms with Crippen LogP contribution in [0.4, 0.5) is 0 Å². The topological polar surface area (TPSA) is 40.7 Å². The van der Waals surface area contributed by atoms with Crippen LogP contribution in [0.1, 0.15) is 11.1 Å². The molecule has 0 spiro atoms. The van der Waals surface area contributed by atoms with E-state index in [4.69, 9.17) is 0 Å². The van der Waals surface area contributed by atoms with Crippen molar-refractivity contribution in [1.29, 1.82) is 0 Å². The lowest BCUT2D eigenvalue weighted by atomic mass is 10.1. The summed E-state index contributed by atoms with van der Waals surface area (Å²) in [6.45, 7) is 1.76. The molecular weight excluding hydrogens is 222 g/mol. The van der Waals surface area contributed by atoms with E-state index < -0.39 is 0 Å². The van der Waals surface area contributed by atoms with Crippen molar-refractivity contribution in [2.24, 2.45) is 0 Å². The number of aromatic amines is 1. The van der Waals surface area contributed by atoms with E-state index in [1.807, 2.05) is 12.3 Å². The lowest BCUT2D eigenvalue weighted by Crippen LogP contribution is -2.12. The van der Waals surface area contributed by atoms with Crippen LogP contribution in [0.25, 0.3) is 10.9 Å². The van der Waals surface area contributed by atoms with Crippen LogP contribution in [-0.2, 0) is 13.1 Å². The van der Waals surface area contributed by atoms with E-state index in [1.54, 1.807) is 0 Å². The Morgan fingerprint density at radius 1 is 0.944 bits per heavy atom. The minimum Gasteiger partial charge on any atom is -0.309 e. The van der Waals surface area contributed by atoms with Crippen LogP contribution in [0, 0.1) is 0 Å². The highest BCUT2D eigenvalue weighted by atomic mass is 15.1. The Balaban J connectivity index is 1.62. The number of nitrogens with zero attached hydrogens (tertiary/aromatic N) is 1. The van der Waals surface area contributed by atoms with E-state index in [9.17, 15) is 0 Å². The van der Waals surface area contributed by atoms with Crippen molar-refractivity contribution in [3.63, 3.8) is 0 Å². The quantitative estimate of drug-likeness (QED) is 0.732. The van der Waals surface area contributed by atoms with Crippen molar-refractivity contribution in [2.75, 3.05) is 0 Å². The maximum atomic E-state index is 4.02. The Hall–Kier alpha value is -2.13. The molecule has 0 saturated carbocycles. The van der Waals surface area contributed by atoms with Gasteiger partial charge in [0, 0.05) is 18.5 Å². The predicted molar refractivity (Wildman–Crippen MR) is 73.1 cm³/mol. The lowest BCUT2D eigenvalue weighted by molar-refractivity contribution is 0.694. The third-order valence-corrected chi connectivity index (χ3v) is 3.01. The maximum absolute atomic E-state index is 4.02. The van der Waals surface area contributed by atoms with E-state index in [1.165, 1.54) is 11.1 Å². The van der Waals surface area contributed by atoms with Crippen LogP contribution in [0.15, 0.2) is 54.7 Å². The first-order chi connectivity index (χ1) is 8.92. The normalized spacial score (nSPS) is 10.9. The first kappa shape index (κ1) is 11.0. The van der Waals surface area contributed by atoms with E-state index in [-0.39, 0.29) is 0 Å². The van der Waals surface area contributed by atoms with Gasteiger partial charge in [0.2, 0.25) is 0 Å². The third-order valence-electron chi connectivity index (χ3n) is 3.01. The smallest absolute Gasteiger partial charge is 0.0653 e. The monoisotopic (exact) mass is 237 g/mol. The standard InChI is InChI=1S/C15H15N3/c1-2-4-12(5-3-1)9-16-10-13-6-7-14-11-17-18-15(14)8-13/h1-8,11,16H,9-10H2,(H,17,18). The molecule has 0 atom stereocenters. The molecule has 0 aliphatic carbocycles. The number of benzene rings is 2. The van der Waals surface area contributed by atoms with Crippen LogP contribution in [0.3, 0.4) is 0 Å². The van der Waals surface area contributed by atoms with Gasteiger partial charge in [-0.05, 0) is 17.2 Å². The summed E-state index contributed by atoms with van der Waals surface area (Å²) in [5, 5.41) is 11.6. The molecule has 2 aromatic carbocycles. The van der Waals surface area contributed by atoms with Crippen molar-refractivity contribution in [1.82, 2.24) is 15.5 Å². The highest BCUT2D eigenvalue weighted by Gasteiger charge is 1.98. The minimum absolute atomic E-state index is 0.865. The second-order valence-electron chi connectivity index (χ2n) is 4.38. The van der Waals surface area contributed by atoms with E-state index in [0.717, 1.165) is 24.0 Å². The minimum atomic E-state index is 0.865. The van der Waals surface area contributed by atoms with Gasteiger partial charge in [-0.1, -0.05) is 42.5 Å². The fourth-order valence-corrected chi connectivity index (χ4v) is 2.04. The number of fused-ring (bicyclic) bond motifs is 1. The number of hydrogen-bond donors (Lipinski definition) is 2.